The number of aromatic nitrogens is 5. The van der Waals surface area contributed by atoms with Gasteiger partial charge in [-0.15, -0.1) is 0 Å². The van der Waals surface area contributed by atoms with Crippen molar-refractivity contribution in [3.05, 3.63) is 64.7 Å². The third-order valence-corrected chi connectivity index (χ3v) is 5.62. The zero-order valence-electron chi connectivity index (χ0n) is 19.3. The normalized spacial score (nSPS) is 12.2. The first-order valence-electron chi connectivity index (χ1n) is 10.7. The standard InChI is InChI=1S/C24H28N6O2/c1-7-29-13-21(16(4)27-29)15(3)26-24(31)20-12-14(2)25-23-22(20)17(5)28-30(23)18-8-10-19(32-6)11-9-18/h8-13,15H,7H2,1-6H3,(H,26,31). The van der Waals surface area contributed by atoms with Crippen LogP contribution in [-0.4, -0.2) is 37.6 Å². The Hall–Kier alpha value is -3.68. The Morgan fingerprint density at radius 2 is 1.84 bits per heavy atom. The van der Waals surface area contributed by atoms with Gasteiger partial charge >= 0.3 is 0 Å². The maximum absolute atomic E-state index is 13.3. The van der Waals surface area contributed by atoms with Gasteiger partial charge in [0.25, 0.3) is 5.91 Å². The summed E-state index contributed by atoms with van der Waals surface area (Å²) in [6.45, 7) is 10.5. The van der Waals surface area contributed by atoms with Crippen molar-refractivity contribution in [2.24, 2.45) is 0 Å². The number of methoxy groups -OCH3 is 1. The average molecular weight is 433 g/mol. The fourth-order valence-electron chi connectivity index (χ4n) is 3.97. The summed E-state index contributed by atoms with van der Waals surface area (Å²) in [5.41, 5.74) is 5.49. The zero-order valence-corrected chi connectivity index (χ0v) is 19.3. The predicted octanol–water partition coefficient (Wildman–Crippen LogP) is 4.06. The molecule has 8 nitrogen and oxygen atoms in total. The lowest BCUT2D eigenvalue weighted by Gasteiger charge is -2.14. The van der Waals surface area contributed by atoms with E-state index < -0.39 is 0 Å². The highest BCUT2D eigenvalue weighted by Crippen LogP contribution is 2.26. The van der Waals surface area contributed by atoms with Gasteiger partial charge in [-0.3, -0.25) is 9.48 Å². The zero-order chi connectivity index (χ0) is 23.0. The minimum Gasteiger partial charge on any atom is -0.497 e. The first-order valence-corrected chi connectivity index (χ1v) is 10.7. The van der Waals surface area contributed by atoms with Crippen molar-refractivity contribution >= 4 is 16.9 Å². The molecule has 0 aliphatic rings. The quantitative estimate of drug-likeness (QED) is 0.496. The molecular weight excluding hydrogens is 404 g/mol. The molecule has 0 aliphatic carbocycles. The summed E-state index contributed by atoms with van der Waals surface area (Å²) in [5.74, 6) is 0.607. The second-order valence-corrected chi connectivity index (χ2v) is 7.93. The summed E-state index contributed by atoms with van der Waals surface area (Å²) in [6, 6.07) is 9.24. The van der Waals surface area contributed by atoms with Crippen molar-refractivity contribution in [1.29, 1.82) is 0 Å². The summed E-state index contributed by atoms with van der Waals surface area (Å²) in [5, 5.41) is 13.1. The van der Waals surface area contributed by atoms with Gasteiger partial charge in [0.15, 0.2) is 5.65 Å². The lowest BCUT2D eigenvalue weighted by atomic mass is 10.1. The number of rotatable bonds is 6. The number of hydrogen-bond acceptors (Lipinski definition) is 5. The first-order chi connectivity index (χ1) is 15.3. The van der Waals surface area contributed by atoms with E-state index in [9.17, 15) is 4.79 Å². The lowest BCUT2D eigenvalue weighted by molar-refractivity contribution is 0.0941. The molecule has 1 aromatic carbocycles. The van der Waals surface area contributed by atoms with Crippen LogP contribution in [0.2, 0.25) is 0 Å². The molecule has 1 N–H and O–H groups in total. The minimum absolute atomic E-state index is 0.158. The molecular formula is C24H28N6O2. The molecule has 1 unspecified atom stereocenters. The van der Waals surface area contributed by atoms with Gasteiger partial charge < -0.3 is 10.1 Å². The third kappa shape index (κ3) is 3.84. The Labute approximate surface area is 187 Å². The van der Waals surface area contributed by atoms with Crippen LogP contribution in [0, 0.1) is 20.8 Å². The van der Waals surface area contributed by atoms with Crippen molar-refractivity contribution in [2.75, 3.05) is 7.11 Å². The van der Waals surface area contributed by atoms with E-state index in [1.807, 2.05) is 75.8 Å². The van der Waals surface area contributed by atoms with Gasteiger partial charge in [-0.1, -0.05) is 0 Å². The average Bonchev–Trinajstić information content (AvgIpc) is 3.32. The Morgan fingerprint density at radius 1 is 1.12 bits per heavy atom. The number of carbonyl (C=O) groups excluding carboxylic acids is 1. The van der Waals surface area contributed by atoms with Crippen LogP contribution >= 0.6 is 0 Å². The van der Waals surface area contributed by atoms with Gasteiger partial charge in [0, 0.05) is 24.0 Å². The number of nitrogens with zero attached hydrogens (tertiary/aromatic N) is 5. The number of amides is 1. The van der Waals surface area contributed by atoms with Gasteiger partial charge in [0.2, 0.25) is 0 Å². The molecule has 32 heavy (non-hydrogen) atoms. The third-order valence-electron chi connectivity index (χ3n) is 5.62. The van der Waals surface area contributed by atoms with E-state index in [1.54, 1.807) is 11.8 Å². The Kier molecular flexibility index (Phi) is 5.69. The Morgan fingerprint density at radius 3 is 2.47 bits per heavy atom. The molecule has 1 amide bonds. The molecule has 3 heterocycles. The maximum atomic E-state index is 13.3. The molecule has 0 fully saturated rings. The van der Waals surface area contributed by atoms with Crippen molar-refractivity contribution in [3.63, 3.8) is 0 Å². The number of aryl methyl sites for hydroxylation is 4. The van der Waals surface area contributed by atoms with E-state index in [4.69, 9.17) is 9.72 Å². The number of fused-ring (bicyclic) bond motifs is 1. The van der Waals surface area contributed by atoms with Crippen LogP contribution in [0.1, 0.15) is 52.9 Å². The molecule has 0 radical (unpaired) electrons. The second-order valence-electron chi connectivity index (χ2n) is 7.93. The van der Waals surface area contributed by atoms with Crippen molar-refractivity contribution in [2.45, 2.75) is 47.2 Å². The first kappa shape index (κ1) is 21.5. The van der Waals surface area contributed by atoms with Crippen molar-refractivity contribution in [1.82, 2.24) is 29.9 Å². The van der Waals surface area contributed by atoms with E-state index in [1.165, 1.54) is 0 Å². The van der Waals surface area contributed by atoms with Crippen molar-refractivity contribution < 1.29 is 9.53 Å². The van der Waals surface area contributed by atoms with Gasteiger partial charge in [0.05, 0.1) is 41.2 Å². The highest BCUT2D eigenvalue weighted by Gasteiger charge is 2.22. The highest BCUT2D eigenvalue weighted by atomic mass is 16.5. The van der Waals surface area contributed by atoms with Crippen LogP contribution in [-0.2, 0) is 6.54 Å². The molecule has 0 bridgehead atoms. The van der Waals surface area contributed by atoms with E-state index in [0.29, 0.717) is 11.2 Å². The fraction of sp³-hybridized carbons (Fsp3) is 0.333. The largest absolute Gasteiger partial charge is 0.497 e. The minimum atomic E-state index is -0.178. The summed E-state index contributed by atoms with van der Waals surface area (Å²) >= 11 is 0. The Balaban J connectivity index is 1.73. The van der Waals surface area contributed by atoms with Crippen LogP contribution in [0.5, 0.6) is 5.75 Å². The summed E-state index contributed by atoms with van der Waals surface area (Å²) < 4.78 is 8.90. The number of ether oxygens (including phenoxy) is 1. The number of benzene rings is 1. The van der Waals surface area contributed by atoms with Gasteiger partial charge in [0.1, 0.15) is 5.75 Å². The number of carbonyl (C=O) groups is 1. The Bertz CT molecular complexity index is 1290. The summed E-state index contributed by atoms with van der Waals surface area (Å²) in [6.07, 6.45) is 1.99. The van der Waals surface area contributed by atoms with E-state index >= 15 is 0 Å². The van der Waals surface area contributed by atoms with E-state index in [0.717, 1.165) is 46.0 Å². The van der Waals surface area contributed by atoms with Crippen LogP contribution in [0.25, 0.3) is 16.7 Å². The molecule has 0 saturated carbocycles. The number of nitrogens with one attached hydrogen (secondary N) is 1. The molecule has 3 aromatic heterocycles. The smallest absolute Gasteiger partial charge is 0.252 e. The second kappa shape index (κ2) is 8.45. The molecule has 8 heteroatoms. The molecule has 4 rings (SSSR count). The topological polar surface area (TPSA) is 86.9 Å². The van der Waals surface area contributed by atoms with Gasteiger partial charge in [-0.2, -0.15) is 10.2 Å². The highest BCUT2D eigenvalue weighted by molar-refractivity contribution is 6.07. The van der Waals surface area contributed by atoms with Crippen LogP contribution < -0.4 is 10.1 Å². The predicted molar refractivity (Wildman–Crippen MR) is 123 cm³/mol. The van der Waals surface area contributed by atoms with Crippen molar-refractivity contribution in [3.8, 4) is 11.4 Å². The summed E-state index contributed by atoms with van der Waals surface area (Å²) in [7, 11) is 1.63. The van der Waals surface area contributed by atoms with Gasteiger partial charge in [-0.05, 0) is 65.0 Å². The van der Waals surface area contributed by atoms with Gasteiger partial charge in [-0.25, -0.2) is 9.67 Å². The maximum Gasteiger partial charge on any atom is 0.252 e. The molecule has 0 spiro atoms. The fourth-order valence-corrected chi connectivity index (χ4v) is 3.97. The summed E-state index contributed by atoms with van der Waals surface area (Å²) in [4.78, 5) is 18.0. The molecule has 4 aromatic rings. The molecule has 166 valence electrons. The lowest BCUT2D eigenvalue weighted by Crippen LogP contribution is -2.27. The van der Waals surface area contributed by atoms with Crippen LogP contribution in [0.3, 0.4) is 0 Å². The molecule has 0 saturated heterocycles. The SMILES string of the molecule is CCn1cc(C(C)NC(=O)c2cc(C)nc3c2c(C)nn3-c2ccc(OC)cc2)c(C)n1. The molecule has 1 atom stereocenters. The van der Waals surface area contributed by atoms with E-state index in [-0.39, 0.29) is 11.9 Å². The monoisotopic (exact) mass is 432 g/mol. The van der Waals surface area contributed by atoms with Crippen LogP contribution in [0.4, 0.5) is 0 Å². The number of pyridine rings is 1. The number of hydrogen-bond donors (Lipinski definition) is 1. The molecule has 0 aliphatic heterocycles. The van der Waals surface area contributed by atoms with Crippen LogP contribution in [0.15, 0.2) is 36.5 Å². The van der Waals surface area contributed by atoms with E-state index in [2.05, 4.69) is 15.5 Å².